The van der Waals surface area contributed by atoms with Crippen molar-refractivity contribution in [3.8, 4) is 0 Å². The molecular formula is C35H45F2N3O3. The number of aliphatic hydroxyl groups excluding tert-OH is 1. The van der Waals surface area contributed by atoms with Gasteiger partial charge in [-0.05, 0) is 85.2 Å². The van der Waals surface area contributed by atoms with Gasteiger partial charge in [-0.25, -0.2) is 8.78 Å². The number of aliphatic hydroxyl groups is 1. The average Bonchev–Trinajstić information content (AvgIpc) is 2.96. The summed E-state index contributed by atoms with van der Waals surface area (Å²) in [6, 6.07) is 15.5. The van der Waals surface area contributed by atoms with Crippen molar-refractivity contribution >= 4 is 11.8 Å². The van der Waals surface area contributed by atoms with Gasteiger partial charge in [0.25, 0.3) is 11.8 Å². The van der Waals surface area contributed by atoms with Crippen molar-refractivity contribution in [2.24, 2.45) is 0 Å². The highest BCUT2D eigenvalue weighted by molar-refractivity contribution is 6.00. The predicted molar refractivity (Wildman–Crippen MR) is 167 cm³/mol. The second kappa shape index (κ2) is 16.9. The number of aryl methyl sites for hydroxylation is 2. The summed E-state index contributed by atoms with van der Waals surface area (Å²) in [5, 5.41) is 17.3. The Morgan fingerprint density at radius 3 is 2.14 bits per heavy atom. The van der Waals surface area contributed by atoms with Gasteiger partial charge in [-0.2, -0.15) is 0 Å². The van der Waals surface area contributed by atoms with E-state index in [0.717, 1.165) is 42.9 Å². The summed E-state index contributed by atoms with van der Waals surface area (Å²) >= 11 is 0. The maximum Gasteiger partial charge on any atom is 0.253 e. The van der Waals surface area contributed by atoms with Crippen LogP contribution in [0.1, 0.15) is 83.0 Å². The monoisotopic (exact) mass is 593 g/mol. The van der Waals surface area contributed by atoms with E-state index in [1.807, 2.05) is 32.9 Å². The zero-order valence-electron chi connectivity index (χ0n) is 25.8. The van der Waals surface area contributed by atoms with Gasteiger partial charge in [-0.1, -0.05) is 51.5 Å². The minimum Gasteiger partial charge on any atom is -0.390 e. The third-order valence-corrected chi connectivity index (χ3v) is 7.23. The van der Waals surface area contributed by atoms with Crippen molar-refractivity contribution in [3.05, 3.63) is 106 Å². The van der Waals surface area contributed by atoms with Crippen LogP contribution in [0.25, 0.3) is 0 Å². The number of nitrogens with zero attached hydrogens (tertiary/aromatic N) is 1. The lowest BCUT2D eigenvalue weighted by atomic mass is 9.99. The van der Waals surface area contributed by atoms with E-state index in [-0.39, 0.29) is 24.4 Å². The highest BCUT2D eigenvalue weighted by atomic mass is 19.1. The molecule has 0 bridgehead atoms. The van der Waals surface area contributed by atoms with Gasteiger partial charge < -0.3 is 20.6 Å². The molecule has 3 rings (SSSR count). The number of rotatable bonds is 16. The summed E-state index contributed by atoms with van der Waals surface area (Å²) in [5.74, 6) is -2.08. The molecule has 2 atom stereocenters. The molecule has 0 radical (unpaired) electrons. The number of amides is 2. The molecule has 8 heteroatoms. The Kier molecular flexibility index (Phi) is 13.3. The normalized spacial score (nSPS) is 12.5. The molecule has 0 aromatic heterocycles. The molecule has 3 aromatic rings. The zero-order valence-corrected chi connectivity index (χ0v) is 25.8. The third kappa shape index (κ3) is 10.6. The van der Waals surface area contributed by atoms with Gasteiger partial charge in [-0.15, -0.1) is 0 Å². The van der Waals surface area contributed by atoms with Crippen molar-refractivity contribution in [1.29, 1.82) is 0 Å². The molecule has 3 N–H and O–H groups in total. The van der Waals surface area contributed by atoms with Crippen molar-refractivity contribution in [1.82, 2.24) is 15.5 Å². The van der Waals surface area contributed by atoms with Crippen LogP contribution in [0.3, 0.4) is 0 Å². The van der Waals surface area contributed by atoms with E-state index in [2.05, 4.69) is 29.7 Å². The number of nitrogens with one attached hydrogen (secondary N) is 2. The molecule has 0 unspecified atom stereocenters. The van der Waals surface area contributed by atoms with Crippen molar-refractivity contribution in [3.63, 3.8) is 0 Å². The summed E-state index contributed by atoms with van der Waals surface area (Å²) in [6.07, 6.45) is 2.62. The van der Waals surface area contributed by atoms with E-state index in [1.165, 1.54) is 17.7 Å². The zero-order chi connectivity index (χ0) is 31.4. The molecule has 0 fully saturated rings. The van der Waals surface area contributed by atoms with Crippen LogP contribution in [0.5, 0.6) is 0 Å². The van der Waals surface area contributed by atoms with E-state index >= 15 is 0 Å². The first-order chi connectivity index (χ1) is 20.6. The Hall–Kier alpha value is -3.62. The molecule has 0 aliphatic rings. The minimum absolute atomic E-state index is 0.00757. The molecule has 0 saturated carbocycles. The molecular weight excluding hydrogens is 548 g/mol. The summed E-state index contributed by atoms with van der Waals surface area (Å²) in [6.45, 7) is 9.87. The molecule has 0 heterocycles. The SMILES string of the molecule is CCCc1cccc(CNC[C@@H](O)[C@H](Cc2cc(F)cc(F)c2)NC(=O)c2cc(C)cc(C(=O)N(CCC)CCC)c2)c1. The van der Waals surface area contributed by atoms with Crippen LogP contribution in [0.2, 0.25) is 0 Å². The lowest BCUT2D eigenvalue weighted by Crippen LogP contribution is -2.48. The lowest BCUT2D eigenvalue weighted by molar-refractivity contribution is 0.0755. The second-order valence-corrected chi connectivity index (χ2v) is 11.2. The highest BCUT2D eigenvalue weighted by Gasteiger charge is 2.24. The first-order valence-corrected chi connectivity index (χ1v) is 15.3. The van der Waals surface area contributed by atoms with Crippen molar-refractivity contribution in [2.75, 3.05) is 19.6 Å². The predicted octanol–water partition coefficient (Wildman–Crippen LogP) is 5.98. The molecule has 0 aliphatic carbocycles. The van der Waals surface area contributed by atoms with Crippen LogP contribution in [-0.2, 0) is 19.4 Å². The van der Waals surface area contributed by atoms with E-state index in [1.54, 1.807) is 23.1 Å². The van der Waals surface area contributed by atoms with E-state index in [0.29, 0.717) is 30.8 Å². The molecule has 6 nitrogen and oxygen atoms in total. The molecule has 2 amide bonds. The fourth-order valence-electron chi connectivity index (χ4n) is 5.28. The van der Waals surface area contributed by atoms with Crippen LogP contribution >= 0.6 is 0 Å². The van der Waals surface area contributed by atoms with Gasteiger partial charge >= 0.3 is 0 Å². The van der Waals surface area contributed by atoms with Crippen LogP contribution < -0.4 is 10.6 Å². The number of hydrogen-bond donors (Lipinski definition) is 3. The van der Waals surface area contributed by atoms with Gasteiger partial charge in [0.05, 0.1) is 12.1 Å². The van der Waals surface area contributed by atoms with Gasteiger partial charge in [0, 0.05) is 43.4 Å². The van der Waals surface area contributed by atoms with Gasteiger partial charge in [0.15, 0.2) is 0 Å². The average molecular weight is 594 g/mol. The van der Waals surface area contributed by atoms with Crippen molar-refractivity contribution in [2.45, 2.75) is 78.5 Å². The van der Waals surface area contributed by atoms with E-state index in [9.17, 15) is 23.5 Å². The molecule has 0 aliphatic heterocycles. The maximum atomic E-state index is 14.0. The van der Waals surface area contributed by atoms with Crippen LogP contribution in [0.15, 0.2) is 60.7 Å². The Labute approximate surface area is 254 Å². The Bertz CT molecular complexity index is 1340. The van der Waals surface area contributed by atoms with Crippen LogP contribution in [0, 0.1) is 18.6 Å². The second-order valence-electron chi connectivity index (χ2n) is 11.2. The number of hydrogen-bond acceptors (Lipinski definition) is 4. The maximum absolute atomic E-state index is 14.0. The Morgan fingerprint density at radius 1 is 0.837 bits per heavy atom. The highest BCUT2D eigenvalue weighted by Crippen LogP contribution is 2.16. The van der Waals surface area contributed by atoms with Gasteiger partial charge in [0.2, 0.25) is 0 Å². The summed E-state index contributed by atoms with van der Waals surface area (Å²) in [7, 11) is 0. The molecule has 0 saturated heterocycles. The standard InChI is InChI=1S/C35H45F2N3O3/c1-5-9-25-10-8-11-26(16-25)22-38-23-33(41)32(19-27-17-30(36)21-31(37)18-27)39-34(42)28-14-24(4)15-29(20-28)35(43)40(12-6-2)13-7-3/h8,10-11,14-18,20-21,32-33,38,41H,5-7,9,12-13,19,22-23H2,1-4H3,(H,39,42)/t32-,33+/m0/s1. The van der Waals surface area contributed by atoms with Gasteiger partial charge in [0.1, 0.15) is 11.6 Å². The molecule has 43 heavy (non-hydrogen) atoms. The smallest absolute Gasteiger partial charge is 0.253 e. The lowest BCUT2D eigenvalue weighted by Gasteiger charge is -2.25. The number of halogens is 2. The number of benzene rings is 3. The largest absolute Gasteiger partial charge is 0.390 e. The summed E-state index contributed by atoms with van der Waals surface area (Å²) in [5.41, 5.74) is 4.07. The quantitative estimate of drug-likeness (QED) is 0.191. The minimum atomic E-state index is -1.07. The molecule has 232 valence electrons. The van der Waals surface area contributed by atoms with Crippen molar-refractivity contribution < 1.29 is 23.5 Å². The fourth-order valence-corrected chi connectivity index (χ4v) is 5.28. The molecule has 3 aromatic carbocycles. The first kappa shape index (κ1) is 33.9. The first-order valence-electron chi connectivity index (χ1n) is 15.3. The van der Waals surface area contributed by atoms with Gasteiger partial charge in [-0.3, -0.25) is 9.59 Å². The van der Waals surface area contributed by atoms with E-state index < -0.39 is 29.7 Å². The van der Waals surface area contributed by atoms with Crippen LogP contribution in [0.4, 0.5) is 8.78 Å². The topological polar surface area (TPSA) is 81.7 Å². The summed E-state index contributed by atoms with van der Waals surface area (Å²) in [4.78, 5) is 28.5. The summed E-state index contributed by atoms with van der Waals surface area (Å²) < 4.78 is 28.0. The number of carbonyl (C=O) groups excluding carboxylic acids is 2. The number of carbonyl (C=O) groups is 2. The third-order valence-electron chi connectivity index (χ3n) is 7.23. The van der Waals surface area contributed by atoms with Crippen LogP contribution in [-0.4, -0.2) is 53.6 Å². The fraction of sp³-hybridized carbons (Fsp3) is 0.429. The Morgan fingerprint density at radius 2 is 1.49 bits per heavy atom. The van der Waals surface area contributed by atoms with E-state index in [4.69, 9.17) is 0 Å². The Balaban J connectivity index is 1.79. The molecule has 0 spiro atoms.